The first-order valence-corrected chi connectivity index (χ1v) is 2.94. The first-order valence-electron chi connectivity index (χ1n) is 2.94. The van der Waals surface area contributed by atoms with Crippen LogP contribution in [0.3, 0.4) is 0 Å². The normalized spacial score (nSPS) is 16.2. The van der Waals surface area contributed by atoms with E-state index in [0.717, 1.165) is 0 Å². The van der Waals surface area contributed by atoms with Crippen molar-refractivity contribution in [3.63, 3.8) is 0 Å². The second kappa shape index (κ2) is 4.37. The van der Waals surface area contributed by atoms with Gasteiger partial charge in [0.15, 0.2) is 0 Å². The highest BCUT2D eigenvalue weighted by molar-refractivity contribution is 4.90. The fraction of sp³-hybridized carbons (Fsp3) is 0.714. The molecule has 2 heteroatoms. The van der Waals surface area contributed by atoms with E-state index in [1.807, 2.05) is 6.92 Å². The smallest absolute Gasteiger partial charge is 0.0703 e. The molecule has 0 saturated heterocycles. The fourth-order valence-electron chi connectivity index (χ4n) is 0.477. The Kier molecular flexibility index (Phi) is 4.12. The summed E-state index contributed by atoms with van der Waals surface area (Å²) in [4.78, 5) is 0. The lowest BCUT2D eigenvalue weighted by Crippen LogP contribution is -2.33. The molecule has 0 fully saturated rings. The number of ether oxygens (including phenoxy) is 1. The summed E-state index contributed by atoms with van der Waals surface area (Å²) in [5, 5.41) is 0. The fourth-order valence-corrected chi connectivity index (χ4v) is 0.477. The molecule has 0 spiro atoms. The summed E-state index contributed by atoms with van der Waals surface area (Å²) in [6.07, 6.45) is 5.67. The summed E-state index contributed by atoms with van der Waals surface area (Å²) < 4.78 is 4.94. The Morgan fingerprint density at radius 2 is 2.33 bits per heavy atom. The van der Waals surface area contributed by atoms with Crippen molar-refractivity contribution in [3.8, 4) is 12.3 Å². The predicted molar refractivity (Wildman–Crippen MR) is 37.9 cm³/mol. The average Bonchev–Trinajstić information content (AvgIpc) is 1.87. The van der Waals surface area contributed by atoms with Gasteiger partial charge in [-0.3, -0.25) is 0 Å². The molecule has 0 aliphatic carbocycles. The van der Waals surface area contributed by atoms with Crippen LogP contribution in [0.25, 0.3) is 0 Å². The summed E-state index contributed by atoms with van der Waals surface area (Å²) in [6, 6.07) is -0.0278. The van der Waals surface area contributed by atoms with Gasteiger partial charge in [-0.1, -0.05) is 0 Å². The van der Waals surface area contributed by atoms with Crippen LogP contribution in [-0.2, 0) is 4.74 Å². The van der Waals surface area contributed by atoms with Gasteiger partial charge in [0.1, 0.15) is 0 Å². The van der Waals surface area contributed by atoms with Gasteiger partial charge in [0, 0.05) is 19.6 Å². The Labute approximate surface area is 56.4 Å². The number of terminal acetylenes is 1. The van der Waals surface area contributed by atoms with Gasteiger partial charge < -0.3 is 10.5 Å². The van der Waals surface area contributed by atoms with Gasteiger partial charge in [0.2, 0.25) is 0 Å². The highest BCUT2D eigenvalue weighted by atomic mass is 16.5. The van der Waals surface area contributed by atoms with E-state index in [9.17, 15) is 0 Å². The minimum absolute atomic E-state index is 0.0278. The van der Waals surface area contributed by atoms with Crippen molar-refractivity contribution >= 4 is 0 Å². The van der Waals surface area contributed by atoms with Crippen LogP contribution in [0.5, 0.6) is 0 Å². The largest absolute Gasteiger partial charge is 0.380 e. The van der Waals surface area contributed by atoms with Crippen molar-refractivity contribution in [2.45, 2.75) is 25.5 Å². The first-order chi connectivity index (χ1) is 4.22. The van der Waals surface area contributed by atoms with Crippen LogP contribution in [0.4, 0.5) is 0 Å². The van der Waals surface area contributed by atoms with Gasteiger partial charge in [-0.05, 0) is 6.92 Å². The molecule has 2 atom stereocenters. The summed E-state index contributed by atoms with van der Waals surface area (Å²) in [6.45, 7) is 1.90. The van der Waals surface area contributed by atoms with Crippen LogP contribution in [0.15, 0.2) is 0 Å². The van der Waals surface area contributed by atoms with Crippen LogP contribution in [-0.4, -0.2) is 19.3 Å². The third-order valence-corrected chi connectivity index (χ3v) is 1.33. The topological polar surface area (TPSA) is 35.2 Å². The monoisotopic (exact) mass is 127 g/mol. The zero-order chi connectivity index (χ0) is 7.28. The van der Waals surface area contributed by atoms with E-state index in [-0.39, 0.29) is 12.1 Å². The standard InChI is InChI=1S/C7H13NO/c1-4-5-7(8)6(2)9-3/h1,6-7H,5,8H2,2-3H3. The zero-order valence-corrected chi connectivity index (χ0v) is 5.92. The molecule has 2 unspecified atom stereocenters. The maximum atomic E-state index is 5.57. The highest BCUT2D eigenvalue weighted by Crippen LogP contribution is 1.96. The number of nitrogens with two attached hydrogens (primary N) is 1. The third kappa shape index (κ3) is 3.12. The Morgan fingerprint density at radius 3 is 2.67 bits per heavy atom. The van der Waals surface area contributed by atoms with Crippen molar-refractivity contribution < 1.29 is 4.74 Å². The van der Waals surface area contributed by atoms with E-state index >= 15 is 0 Å². The van der Waals surface area contributed by atoms with Gasteiger partial charge in [0.05, 0.1) is 6.10 Å². The Hall–Kier alpha value is -0.520. The predicted octanol–water partition coefficient (Wildman–Crippen LogP) is 0.372. The molecule has 9 heavy (non-hydrogen) atoms. The van der Waals surface area contributed by atoms with Gasteiger partial charge >= 0.3 is 0 Å². The van der Waals surface area contributed by atoms with Crippen LogP contribution >= 0.6 is 0 Å². The molecule has 0 radical (unpaired) electrons. The van der Waals surface area contributed by atoms with E-state index in [2.05, 4.69) is 5.92 Å². The quantitative estimate of drug-likeness (QED) is 0.556. The van der Waals surface area contributed by atoms with E-state index in [4.69, 9.17) is 16.9 Å². The molecular weight excluding hydrogens is 114 g/mol. The molecule has 0 saturated carbocycles. The van der Waals surface area contributed by atoms with E-state index < -0.39 is 0 Å². The van der Waals surface area contributed by atoms with Gasteiger partial charge in [-0.25, -0.2) is 0 Å². The molecule has 0 amide bonds. The van der Waals surface area contributed by atoms with Crippen molar-refractivity contribution in [3.05, 3.63) is 0 Å². The second-order valence-corrected chi connectivity index (χ2v) is 2.01. The number of methoxy groups -OCH3 is 1. The Bertz CT molecular complexity index is 106. The number of hydrogen-bond donors (Lipinski definition) is 1. The molecule has 0 heterocycles. The van der Waals surface area contributed by atoms with Crippen LogP contribution in [0.2, 0.25) is 0 Å². The summed E-state index contributed by atoms with van der Waals surface area (Å²) >= 11 is 0. The van der Waals surface area contributed by atoms with Crippen molar-refractivity contribution in [2.75, 3.05) is 7.11 Å². The molecule has 0 rings (SSSR count). The summed E-state index contributed by atoms with van der Waals surface area (Å²) in [5.74, 6) is 2.48. The van der Waals surface area contributed by atoms with Crippen LogP contribution in [0.1, 0.15) is 13.3 Å². The van der Waals surface area contributed by atoms with E-state index in [1.165, 1.54) is 0 Å². The SMILES string of the molecule is C#CCC(N)C(C)OC. The zero-order valence-electron chi connectivity index (χ0n) is 5.92. The molecule has 52 valence electrons. The van der Waals surface area contributed by atoms with Gasteiger partial charge in [-0.15, -0.1) is 12.3 Å². The van der Waals surface area contributed by atoms with Crippen molar-refractivity contribution in [2.24, 2.45) is 5.73 Å². The highest BCUT2D eigenvalue weighted by Gasteiger charge is 2.08. The maximum absolute atomic E-state index is 5.57. The van der Waals surface area contributed by atoms with Crippen LogP contribution < -0.4 is 5.73 Å². The molecule has 0 aliphatic rings. The lowest BCUT2D eigenvalue weighted by atomic mass is 10.1. The Balaban J connectivity index is 3.48. The molecule has 0 aromatic rings. The Morgan fingerprint density at radius 1 is 1.78 bits per heavy atom. The minimum Gasteiger partial charge on any atom is -0.380 e. The van der Waals surface area contributed by atoms with Gasteiger partial charge in [0.25, 0.3) is 0 Å². The van der Waals surface area contributed by atoms with Crippen molar-refractivity contribution in [1.29, 1.82) is 0 Å². The van der Waals surface area contributed by atoms with Gasteiger partial charge in [-0.2, -0.15) is 0 Å². The maximum Gasteiger partial charge on any atom is 0.0703 e. The molecule has 0 aliphatic heterocycles. The first kappa shape index (κ1) is 8.48. The lowest BCUT2D eigenvalue weighted by molar-refractivity contribution is 0.0969. The van der Waals surface area contributed by atoms with E-state index in [0.29, 0.717) is 6.42 Å². The van der Waals surface area contributed by atoms with E-state index in [1.54, 1.807) is 7.11 Å². The summed E-state index contributed by atoms with van der Waals surface area (Å²) in [5.41, 5.74) is 5.57. The molecule has 2 nitrogen and oxygen atoms in total. The number of hydrogen-bond acceptors (Lipinski definition) is 2. The lowest BCUT2D eigenvalue weighted by Gasteiger charge is -2.14. The molecule has 0 aromatic carbocycles. The molecule has 0 bridgehead atoms. The molecule has 2 N–H and O–H groups in total. The van der Waals surface area contributed by atoms with Crippen molar-refractivity contribution in [1.82, 2.24) is 0 Å². The second-order valence-electron chi connectivity index (χ2n) is 2.01. The molecule has 0 aromatic heterocycles. The number of rotatable bonds is 3. The minimum atomic E-state index is -0.0278. The summed E-state index contributed by atoms with van der Waals surface area (Å²) in [7, 11) is 1.63. The van der Waals surface area contributed by atoms with Crippen LogP contribution in [0, 0.1) is 12.3 Å². The third-order valence-electron chi connectivity index (χ3n) is 1.33. The average molecular weight is 127 g/mol. The molecular formula is C7H13NO.